The van der Waals surface area contributed by atoms with E-state index >= 15 is 0 Å². The van der Waals surface area contributed by atoms with Crippen LogP contribution in [0.1, 0.15) is 17.2 Å². The molecule has 0 spiro atoms. The zero-order chi connectivity index (χ0) is 12.1. The van der Waals surface area contributed by atoms with E-state index in [4.69, 9.17) is 9.47 Å². The van der Waals surface area contributed by atoms with Crippen molar-refractivity contribution in [2.45, 2.75) is 13.0 Å². The maximum atomic E-state index is 9.95. The number of methoxy groups -OCH3 is 2. The largest absolute Gasteiger partial charge is 0.496 e. The molecule has 0 heterocycles. The number of ether oxygens (including phenoxy) is 2. The predicted octanol–water partition coefficient (Wildman–Crippen LogP) is 1.27. The SMILES string of the molecule is CNCC(O)c1cc(OC)c(C)cc1OC. The standard InChI is InChI=1S/C12H19NO3/c1-8-5-12(16-4)9(6-11(8)15-3)10(14)7-13-2/h5-6,10,13-14H,7H2,1-4H3. The van der Waals surface area contributed by atoms with Crippen LogP contribution in [-0.4, -0.2) is 32.9 Å². The maximum Gasteiger partial charge on any atom is 0.125 e. The van der Waals surface area contributed by atoms with Gasteiger partial charge in [-0.1, -0.05) is 0 Å². The summed E-state index contributed by atoms with van der Waals surface area (Å²) >= 11 is 0. The van der Waals surface area contributed by atoms with Crippen LogP contribution in [0, 0.1) is 6.92 Å². The highest BCUT2D eigenvalue weighted by molar-refractivity contribution is 5.47. The van der Waals surface area contributed by atoms with Gasteiger partial charge in [0.2, 0.25) is 0 Å². The highest BCUT2D eigenvalue weighted by Crippen LogP contribution is 2.32. The Kier molecular flexibility index (Phi) is 4.58. The fraction of sp³-hybridized carbons (Fsp3) is 0.500. The molecular weight excluding hydrogens is 206 g/mol. The zero-order valence-electron chi connectivity index (χ0n) is 10.2. The van der Waals surface area contributed by atoms with E-state index in [2.05, 4.69) is 5.32 Å². The third-order valence-corrected chi connectivity index (χ3v) is 2.50. The monoisotopic (exact) mass is 225 g/mol. The highest BCUT2D eigenvalue weighted by Gasteiger charge is 2.15. The van der Waals surface area contributed by atoms with Gasteiger partial charge in [0.05, 0.1) is 20.3 Å². The number of rotatable bonds is 5. The minimum absolute atomic E-state index is 0.475. The minimum Gasteiger partial charge on any atom is -0.496 e. The summed E-state index contributed by atoms with van der Waals surface area (Å²) in [5.41, 5.74) is 1.72. The molecule has 1 atom stereocenters. The Morgan fingerprint density at radius 2 is 1.88 bits per heavy atom. The number of benzene rings is 1. The summed E-state index contributed by atoms with van der Waals surface area (Å²) in [4.78, 5) is 0. The van der Waals surface area contributed by atoms with E-state index in [-0.39, 0.29) is 0 Å². The first-order valence-electron chi connectivity index (χ1n) is 5.19. The van der Waals surface area contributed by atoms with Crippen molar-refractivity contribution < 1.29 is 14.6 Å². The third kappa shape index (κ3) is 2.65. The smallest absolute Gasteiger partial charge is 0.125 e. The second kappa shape index (κ2) is 5.72. The molecular formula is C12H19NO3. The van der Waals surface area contributed by atoms with Crippen LogP contribution < -0.4 is 14.8 Å². The summed E-state index contributed by atoms with van der Waals surface area (Å²) in [6.07, 6.45) is -0.602. The Balaban J connectivity index is 3.13. The Bertz CT molecular complexity index is 352. The molecule has 2 N–H and O–H groups in total. The Morgan fingerprint density at radius 1 is 1.25 bits per heavy atom. The van der Waals surface area contributed by atoms with E-state index in [0.29, 0.717) is 12.3 Å². The van der Waals surface area contributed by atoms with Crippen molar-refractivity contribution in [2.24, 2.45) is 0 Å². The average molecular weight is 225 g/mol. The molecule has 0 saturated carbocycles. The minimum atomic E-state index is -0.602. The molecule has 0 aliphatic carbocycles. The van der Waals surface area contributed by atoms with Crippen LogP contribution in [0.25, 0.3) is 0 Å². The van der Waals surface area contributed by atoms with E-state index < -0.39 is 6.10 Å². The number of aryl methyl sites for hydroxylation is 1. The number of likely N-dealkylation sites (N-methyl/N-ethyl adjacent to an activating group) is 1. The Labute approximate surface area is 96.2 Å². The van der Waals surface area contributed by atoms with E-state index in [9.17, 15) is 5.11 Å². The first kappa shape index (κ1) is 12.8. The highest BCUT2D eigenvalue weighted by atomic mass is 16.5. The first-order chi connectivity index (χ1) is 7.63. The lowest BCUT2D eigenvalue weighted by Gasteiger charge is -2.17. The number of aliphatic hydroxyl groups excluding tert-OH is 1. The van der Waals surface area contributed by atoms with Crippen LogP contribution in [0.3, 0.4) is 0 Å². The van der Waals surface area contributed by atoms with Gasteiger partial charge in [0.1, 0.15) is 11.5 Å². The summed E-state index contributed by atoms with van der Waals surface area (Å²) in [7, 11) is 5.00. The van der Waals surface area contributed by atoms with Crippen molar-refractivity contribution in [1.82, 2.24) is 5.32 Å². The van der Waals surface area contributed by atoms with Gasteiger partial charge >= 0.3 is 0 Å². The van der Waals surface area contributed by atoms with Gasteiger partial charge < -0.3 is 19.9 Å². The number of hydrogen-bond acceptors (Lipinski definition) is 4. The van der Waals surface area contributed by atoms with Crippen LogP contribution in [0.2, 0.25) is 0 Å². The molecule has 4 nitrogen and oxygen atoms in total. The van der Waals surface area contributed by atoms with Gasteiger partial charge in [0.25, 0.3) is 0 Å². The Morgan fingerprint density at radius 3 is 2.38 bits per heavy atom. The fourth-order valence-corrected chi connectivity index (χ4v) is 1.64. The van der Waals surface area contributed by atoms with Crippen LogP contribution in [-0.2, 0) is 0 Å². The van der Waals surface area contributed by atoms with Crippen LogP contribution in [0.5, 0.6) is 11.5 Å². The number of hydrogen-bond donors (Lipinski definition) is 2. The summed E-state index contributed by atoms with van der Waals surface area (Å²) in [5, 5.41) is 12.9. The lowest BCUT2D eigenvalue weighted by atomic mass is 10.0. The second-order valence-corrected chi connectivity index (χ2v) is 3.64. The van der Waals surface area contributed by atoms with Crippen LogP contribution in [0.4, 0.5) is 0 Å². The van der Waals surface area contributed by atoms with Crippen molar-refractivity contribution in [3.8, 4) is 11.5 Å². The lowest BCUT2D eigenvalue weighted by molar-refractivity contribution is 0.173. The lowest BCUT2D eigenvalue weighted by Crippen LogP contribution is -2.17. The number of aliphatic hydroxyl groups is 1. The molecule has 90 valence electrons. The molecule has 0 saturated heterocycles. The van der Waals surface area contributed by atoms with E-state index in [1.807, 2.05) is 19.1 Å². The summed E-state index contributed by atoms with van der Waals surface area (Å²) in [5.74, 6) is 1.44. The maximum absolute atomic E-state index is 9.95. The molecule has 0 aliphatic heterocycles. The molecule has 0 amide bonds. The third-order valence-electron chi connectivity index (χ3n) is 2.50. The van der Waals surface area contributed by atoms with Gasteiger partial charge in [-0.2, -0.15) is 0 Å². The van der Waals surface area contributed by atoms with Crippen molar-refractivity contribution in [1.29, 1.82) is 0 Å². The summed E-state index contributed by atoms with van der Waals surface area (Å²) in [6, 6.07) is 3.68. The summed E-state index contributed by atoms with van der Waals surface area (Å²) < 4.78 is 10.5. The van der Waals surface area contributed by atoms with Crippen molar-refractivity contribution >= 4 is 0 Å². The Hall–Kier alpha value is -1.26. The molecule has 0 aromatic heterocycles. The van der Waals surface area contributed by atoms with Crippen LogP contribution >= 0.6 is 0 Å². The predicted molar refractivity (Wildman–Crippen MR) is 63.2 cm³/mol. The van der Waals surface area contributed by atoms with Crippen LogP contribution in [0.15, 0.2) is 12.1 Å². The molecule has 1 aromatic carbocycles. The van der Waals surface area contributed by atoms with Gasteiger partial charge in [-0.15, -0.1) is 0 Å². The molecule has 0 fully saturated rings. The quantitative estimate of drug-likeness (QED) is 0.792. The zero-order valence-corrected chi connectivity index (χ0v) is 10.2. The molecule has 1 rings (SSSR count). The average Bonchev–Trinajstić information content (AvgIpc) is 2.28. The molecule has 0 bridgehead atoms. The van der Waals surface area contributed by atoms with E-state index in [0.717, 1.165) is 16.9 Å². The number of nitrogens with one attached hydrogen (secondary N) is 1. The molecule has 16 heavy (non-hydrogen) atoms. The van der Waals surface area contributed by atoms with Crippen molar-refractivity contribution in [2.75, 3.05) is 27.8 Å². The second-order valence-electron chi connectivity index (χ2n) is 3.64. The molecule has 0 aliphatic rings. The molecule has 4 heteroatoms. The van der Waals surface area contributed by atoms with Gasteiger partial charge in [0, 0.05) is 12.1 Å². The van der Waals surface area contributed by atoms with E-state index in [1.165, 1.54) is 0 Å². The van der Waals surface area contributed by atoms with Gasteiger partial charge in [0.15, 0.2) is 0 Å². The van der Waals surface area contributed by atoms with Crippen molar-refractivity contribution in [3.05, 3.63) is 23.3 Å². The van der Waals surface area contributed by atoms with E-state index in [1.54, 1.807) is 21.3 Å². The first-order valence-corrected chi connectivity index (χ1v) is 5.19. The molecule has 1 unspecified atom stereocenters. The summed E-state index contributed by atoms with van der Waals surface area (Å²) in [6.45, 7) is 2.41. The van der Waals surface area contributed by atoms with Gasteiger partial charge in [-0.25, -0.2) is 0 Å². The topological polar surface area (TPSA) is 50.7 Å². The normalized spacial score (nSPS) is 12.3. The molecule has 0 radical (unpaired) electrons. The van der Waals surface area contributed by atoms with Gasteiger partial charge in [-0.3, -0.25) is 0 Å². The van der Waals surface area contributed by atoms with Gasteiger partial charge in [-0.05, 0) is 31.7 Å². The van der Waals surface area contributed by atoms with Crippen molar-refractivity contribution in [3.63, 3.8) is 0 Å². The molecule has 1 aromatic rings. The fourth-order valence-electron chi connectivity index (χ4n) is 1.64.